The van der Waals surface area contributed by atoms with Crippen LogP contribution in [0.2, 0.25) is 0 Å². The monoisotopic (exact) mass is 305 g/mol. The molecule has 0 saturated heterocycles. The number of nitrogens with zero attached hydrogens (tertiary/aromatic N) is 1. The van der Waals surface area contributed by atoms with Crippen LogP contribution in [0.15, 0.2) is 33.5 Å². The quantitative estimate of drug-likeness (QED) is 0.851. The molecule has 5 heteroatoms. The Hall–Kier alpha value is -1.62. The van der Waals surface area contributed by atoms with Crippen molar-refractivity contribution in [3.8, 4) is 11.4 Å². The molecule has 0 radical (unpaired) electrons. The number of H-pyrrole nitrogens is 1. The minimum absolute atomic E-state index is 0.0369. The van der Waals surface area contributed by atoms with Gasteiger partial charge in [-0.1, -0.05) is 28.1 Å². The first-order valence-electron chi connectivity index (χ1n) is 5.87. The molecule has 2 N–H and O–H groups in total. The van der Waals surface area contributed by atoms with Gasteiger partial charge in [0, 0.05) is 16.6 Å². The minimum Gasteiger partial charge on any atom is -0.370 e. The number of aromatic nitrogens is 2. The molecule has 1 aromatic heterocycles. The molecule has 2 aromatic rings. The van der Waals surface area contributed by atoms with Crippen molar-refractivity contribution in [1.29, 1.82) is 0 Å². The predicted octanol–water partition coefficient (Wildman–Crippen LogP) is 2.56. The SMILES string of the molecule is O=c1[nH]c(-c2ccc(Br)cc2)nc2c1CCCN2. The van der Waals surface area contributed by atoms with Gasteiger partial charge in [0.05, 0.1) is 5.56 Å². The lowest BCUT2D eigenvalue weighted by molar-refractivity contribution is 0.800. The molecule has 0 unspecified atom stereocenters. The fraction of sp³-hybridized carbons (Fsp3) is 0.231. The summed E-state index contributed by atoms with van der Waals surface area (Å²) in [5.41, 5.74) is 1.64. The number of benzene rings is 1. The lowest BCUT2D eigenvalue weighted by Gasteiger charge is -2.16. The molecular weight excluding hydrogens is 294 g/mol. The van der Waals surface area contributed by atoms with E-state index in [0.717, 1.165) is 40.8 Å². The molecule has 92 valence electrons. The van der Waals surface area contributed by atoms with Crippen LogP contribution in [0.25, 0.3) is 11.4 Å². The first kappa shape index (κ1) is 11.5. The molecule has 0 spiro atoms. The van der Waals surface area contributed by atoms with Gasteiger partial charge >= 0.3 is 0 Å². The molecule has 1 aromatic carbocycles. The van der Waals surface area contributed by atoms with Gasteiger partial charge in [-0.05, 0) is 25.0 Å². The summed E-state index contributed by atoms with van der Waals surface area (Å²) in [4.78, 5) is 19.3. The molecule has 0 fully saturated rings. The van der Waals surface area contributed by atoms with Crippen molar-refractivity contribution < 1.29 is 0 Å². The predicted molar refractivity (Wildman–Crippen MR) is 74.8 cm³/mol. The molecule has 1 aliphatic rings. The van der Waals surface area contributed by atoms with Crippen molar-refractivity contribution in [3.63, 3.8) is 0 Å². The maximum Gasteiger partial charge on any atom is 0.256 e. The van der Waals surface area contributed by atoms with Gasteiger partial charge in [0.1, 0.15) is 11.6 Å². The van der Waals surface area contributed by atoms with E-state index in [1.54, 1.807) is 0 Å². The summed E-state index contributed by atoms with van der Waals surface area (Å²) in [5.74, 6) is 1.34. The van der Waals surface area contributed by atoms with Crippen molar-refractivity contribution >= 4 is 21.7 Å². The van der Waals surface area contributed by atoms with Crippen LogP contribution >= 0.6 is 15.9 Å². The van der Waals surface area contributed by atoms with Gasteiger partial charge in [0.15, 0.2) is 0 Å². The summed E-state index contributed by atoms with van der Waals surface area (Å²) in [7, 11) is 0. The summed E-state index contributed by atoms with van der Waals surface area (Å²) >= 11 is 3.39. The second kappa shape index (κ2) is 4.57. The fourth-order valence-electron chi connectivity index (χ4n) is 2.09. The number of hydrogen-bond donors (Lipinski definition) is 2. The zero-order valence-electron chi connectivity index (χ0n) is 9.66. The topological polar surface area (TPSA) is 57.8 Å². The largest absolute Gasteiger partial charge is 0.370 e. The first-order chi connectivity index (χ1) is 8.74. The van der Waals surface area contributed by atoms with E-state index in [9.17, 15) is 4.79 Å². The molecule has 1 aliphatic heterocycles. The molecule has 18 heavy (non-hydrogen) atoms. The molecular formula is C13H12BrN3O. The summed E-state index contributed by atoms with van der Waals surface area (Å²) < 4.78 is 1.00. The van der Waals surface area contributed by atoms with Gasteiger partial charge in [-0.25, -0.2) is 4.98 Å². The molecule has 4 nitrogen and oxygen atoms in total. The number of aromatic amines is 1. The summed E-state index contributed by atoms with van der Waals surface area (Å²) in [6.45, 7) is 0.878. The highest BCUT2D eigenvalue weighted by Gasteiger charge is 2.15. The molecule has 3 rings (SSSR count). The van der Waals surface area contributed by atoms with Crippen molar-refractivity contribution in [2.45, 2.75) is 12.8 Å². The second-order valence-corrected chi connectivity index (χ2v) is 5.19. The third-order valence-corrected chi connectivity index (χ3v) is 3.56. The molecule has 0 aliphatic carbocycles. The maximum atomic E-state index is 12.0. The lowest BCUT2D eigenvalue weighted by Crippen LogP contribution is -2.24. The second-order valence-electron chi connectivity index (χ2n) is 4.28. The minimum atomic E-state index is -0.0369. The van der Waals surface area contributed by atoms with Crippen LogP contribution in [-0.2, 0) is 6.42 Å². The van der Waals surface area contributed by atoms with E-state index in [-0.39, 0.29) is 5.56 Å². The van der Waals surface area contributed by atoms with Crippen molar-refractivity contribution in [2.24, 2.45) is 0 Å². The van der Waals surface area contributed by atoms with Gasteiger partial charge in [-0.15, -0.1) is 0 Å². The van der Waals surface area contributed by atoms with Crippen molar-refractivity contribution in [1.82, 2.24) is 9.97 Å². The highest BCUT2D eigenvalue weighted by Crippen LogP contribution is 2.21. The first-order valence-corrected chi connectivity index (χ1v) is 6.66. The zero-order chi connectivity index (χ0) is 12.5. The van der Waals surface area contributed by atoms with Crippen LogP contribution in [-0.4, -0.2) is 16.5 Å². The van der Waals surface area contributed by atoms with E-state index in [2.05, 4.69) is 31.2 Å². The van der Waals surface area contributed by atoms with E-state index >= 15 is 0 Å². The van der Waals surface area contributed by atoms with Crippen LogP contribution in [0.1, 0.15) is 12.0 Å². The van der Waals surface area contributed by atoms with Crippen LogP contribution in [0, 0.1) is 0 Å². The average Bonchev–Trinajstić information content (AvgIpc) is 2.39. The van der Waals surface area contributed by atoms with Crippen LogP contribution in [0.5, 0.6) is 0 Å². The van der Waals surface area contributed by atoms with Crippen LogP contribution in [0.4, 0.5) is 5.82 Å². The van der Waals surface area contributed by atoms with Crippen LogP contribution < -0.4 is 10.9 Å². The lowest BCUT2D eigenvalue weighted by atomic mass is 10.1. The van der Waals surface area contributed by atoms with E-state index in [1.165, 1.54) is 0 Å². The molecule has 0 amide bonds. The Bertz CT molecular complexity index is 634. The van der Waals surface area contributed by atoms with Crippen molar-refractivity contribution in [2.75, 3.05) is 11.9 Å². The highest BCUT2D eigenvalue weighted by atomic mass is 79.9. The molecule has 0 bridgehead atoms. The normalized spacial score (nSPS) is 13.8. The van der Waals surface area contributed by atoms with E-state index in [1.807, 2.05) is 24.3 Å². The van der Waals surface area contributed by atoms with Crippen molar-refractivity contribution in [3.05, 3.63) is 44.7 Å². The highest BCUT2D eigenvalue weighted by molar-refractivity contribution is 9.10. The summed E-state index contributed by atoms with van der Waals surface area (Å²) in [6.07, 6.45) is 1.78. The van der Waals surface area contributed by atoms with Crippen LogP contribution in [0.3, 0.4) is 0 Å². The standard InChI is InChI=1S/C13H12BrN3O/c14-9-5-3-8(4-6-9)11-16-12-10(13(18)17-11)2-1-7-15-12/h3-6H,1-2,7H2,(H2,15,16,17,18). The number of rotatable bonds is 1. The van der Waals surface area contributed by atoms with Gasteiger partial charge in [0.25, 0.3) is 5.56 Å². The summed E-state index contributed by atoms with van der Waals surface area (Å²) in [5, 5.41) is 3.18. The van der Waals surface area contributed by atoms with E-state index < -0.39 is 0 Å². The number of hydrogen-bond acceptors (Lipinski definition) is 3. The number of anilines is 1. The Morgan fingerprint density at radius 3 is 2.78 bits per heavy atom. The Morgan fingerprint density at radius 2 is 2.00 bits per heavy atom. The molecule has 2 heterocycles. The molecule has 0 saturated carbocycles. The number of halogens is 1. The van der Waals surface area contributed by atoms with Gasteiger partial charge < -0.3 is 10.3 Å². The third-order valence-electron chi connectivity index (χ3n) is 3.03. The van der Waals surface area contributed by atoms with E-state index in [4.69, 9.17) is 0 Å². The average molecular weight is 306 g/mol. The maximum absolute atomic E-state index is 12.0. The third kappa shape index (κ3) is 2.06. The van der Waals surface area contributed by atoms with E-state index in [0.29, 0.717) is 5.82 Å². The van der Waals surface area contributed by atoms with Gasteiger partial charge in [-0.3, -0.25) is 4.79 Å². The van der Waals surface area contributed by atoms with Gasteiger partial charge in [0.2, 0.25) is 0 Å². The molecule has 0 atom stereocenters. The zero-order valence-corrected chi connectivity index (χ0v) is 11.3. The smallest absolute Gasteiger partial charge is 0.256 e. The number of nitrogens with one attached hydrogen (secondary N) is 2. The Balaban J connectivity index is 2.11. The number of fused-ring (bicyclic) bond motifs is 1. The summed E-state index contributed by atoms with van der Waals surface area (Å²) in [6, 6.07) is 7.72. The Kier molecular flexibility index (Phi) is 2.91. The Morgan fingerprint density at radius 1 is 1.22 bits per heavy atom. The van der Waals surface area contributed by atoms with Gasteiger partial charge in [-0.2, -0.15) is 0 Å². The Labute approximate surface area is 113 Å². The fourth-order valence-corrected chi connectivity index (χ4v) is 2.36.